The lowest BCUT2D eigenvalue weighted by Gasteiger charge is -2.21. The zero-order valence-corrected chi connectivity index (χ0v) is 16.0. The van der Waals surface area contributed by atoms with Gasteiger partial charge in [0.15, 0.2) is 0 Å². The molecule has 1 atom stereocenters. The molecule has 0 aromatic carbocycles. The van der Waals surface area contributed by atoms with E-state index in [0.29, 0.717) is 6.42 Å². The van der Waals surface area contributed by atoms with Gasteiger partial charge in [0.25, 0.3) is 0 Å². The zero-order chi connectivity index (χ0) is 18.3. The SMILES string of the molecule is CC(C)[C@@H](COS(=O)(=O)O)NCCCCCCCCCCCC=O. The first-order chi connectivity index (χ1) is 11.4. The van der Waals surface area contributed by atoms with Gasteiger partial charge in [-0.3, -0.25) is 4.55 Å². The molecule has 0 radical (unpaired) electrons. The summed E-state index contributed by atoms with van der Waals surface area (Å²) in [6, 6.07) is -0.0849. The molecule has 0 amide bonds. The highest BCUT2D eigenvalue weighted by Gasteiger charge is 2.16. The molecule has 0 saturated carbocycles. The molecule has 0 heterocycles. The first-order valence-corrected chi connectivity index (χ1v) is 10.5. The van der Waals surface area contributed by atoms with Gasteiger partial charge in [0.05, 0.1) is 6.61 Å². The minimum atomic E-state index is -4.37. The minimum absolute atomic E-state index is 0.0411. The Balaban J connectivity index is 3.50. The lowest BCUT2D eigenvalue weighted by Crippen LogP contribution is -2.39. The van der Waals surface area contributed by atoms with Gasteiger partial charge in [-0.25, -0.2) is 4.18 Å². The van der Waals surface area contributed by atoms with E-state index in [1.54, 1.807) is 0 Å². The normalized spacial score (nSPS) is 13.3. The molecule has 0 rings (SSSR count). The lowest BCUT2D eigenvalue weighted by atomic mass is 10.0. The summed E-state index contributed by atoms with van der Waals surface area (Å²) in [5.74, 6) is 0.228. The fourth-order valence-corrected chi connectivity index (χ4v) is 2.84. The third-order valence-electron chi connectivity index (χ3n) is 4.11. The summed E-state index contributed by atoms with van der Waals surface area (Å²) in [7, 11) is -4.37. The van der Waals surface area contributed by atoms with Gasteiger partial charge in [-0.05, 0) is 25.3 Å². The van der Waals surface area contributed by atoms with Gasteiger partial charge in [0.1, 0.15) is 6.29 Å². The Hall–Kier alpha value is -0.500. The first-order valence-electron chi connectivity index (χ1n) is 9.15. The second-order valence-corrected chi connectivity index (χ2v) is 7.75. The third-order valence-corrected chi connectivity index (χ3v) is 4.54. The van der Waals surface area contributed by atoms with Gasteiger partial charge in [-0.15, -0.1) is 0 Å². The Morgan fingerprint density at radius 3 is 1.92 bits per heavy atom. The molecule has 0 fully saturated rings. The molecule has 0 bridgehead atoms. The molecule has 7 heteroatoms. The van der Waals surface area contributed by atoms with E-state index >= 15 is 0 Å². The highest BCUT2D eigenvalue weighted by Crippen LogP contribution is 2.10. The van der Waals surface area contributed by atoms with Crippen LogP contribution >= 0.6 is 0 Å². The van der Waals surface area contributed by atoms with Crippen molar-refractivity contribution >= 4 is 16.7 Å². The van der Waals surface area contributed by atoms with E-state index < -0.39 is 10.4 Å². The maximum atomic E-state index is 10.6. The van der Waals surface area contributed by atoms with Crippen LogP contribution in [0, 0.1) is 5.92 Å². The van der Waals surface area contributed by atoms with Gasteiger partial charge < -0.3 is 10.1 Å². The van der Waals surface area contributed by atoms with Crippen LogP contribution in [0.3, 0.4) is 0 Å². The van der Waals surface area contributed by atoms with E-state index in [0.717, 1.165) is 38.5 Å². The number of hydrogen-bond acceptors (Lipinski definition) is 5. The summed E-state index contributed by atoms with van der Waals surface area (Å²) >= 11 is 0. The lowest BCUT2D eigenvalue weighted by molar-refractivity contribution is -0.107. The van der Waals surface area contributed by atoms with Crippen molar-refractivity contribution in [3.8, 4) is 0 Å². The van der Waals surface area contributed by atoms with E-state index in [9.17, 15) is 13.2 Å². The van der Waals surface area contributed by atoms with Crippen molar-refractivity contribution in [1.29, 1.82) is 0 Å². The fraction of sp³-hybridized carbons (Fsp3) is 0.941. The maximum absolute atomic E-state index is 10.6. The molecular weight excluding hydrogens is 330 g/mol. The van der Waals surface area contributed by atoms with Crippen LogP contribution in [0.25, 0.3) is 0 Å². The molecule has 2 N–H and O–H groups in total. The molecular formula is C17H35NO5S. The average molecular weight is 366 g/mol. The number of carbonyl (C=O) groups is 1. The second kappa shape index (κ2) is 14.8. The van der Waals surface area contributed by atoms with Gasteiger partial charge in [-0.2, -0.15) is 8.42 Å². The Morgan fingerprint density at radius 2 is 1.46 bits per heavy atom. The quantitative estimate of drug-likeness (QED) is 0.233. The molecule has 0 saturated heterocycles. The van der Waals surface area contributed by atoms with Crippen LogP contribution in [0.2, 0.25) is 0 Å². The van der Waals surface area contributed by atoms with Crippen LogP contribution in [-0.4, -0.2) is 38.5 Å². The highest BCUT2D eigenvalue weighted by molar-refractivity contribution is 7.80. The smallest absolute Gasteiger partial charge is 0.311 e. The zero-order valence-electron chi connectivity index (χ0n) is 15.2. The van der Waals surface area contributed by atoms with Crippen molar-refractivity contribution in [2.24, 2.45) is 5.92 Å². The van der Waals surface area contributed by atoms with Crippen LogP contribution in [0.5, 0.6) is 0 Å². The molecule has 0 spiro atoms. The van der Waals surface area contributed by atoms with Crippen molar-refractivity contribution in [3.05, 3.63) is 0 Å². The predicted octanol–water partition coefficient (Wildman–Crippen LogP) is 3.52. The minimum Gasteiger partial charge on any atom is -0.311 e. The number of rotatable bonds is 17. The van der Waals surface area contributed by atoms with Crippen LogP contribution in [0.15, 0.2) is 0 Å². The number of carbonyl (C=O) groups excluding carboxylic acids is 1. The van der Waals surface area contributed by atoms with Crippen molar-refractivity contribution in [1.82, 2.24) is 5.32 Å². The van der Waals surface area contributed by atoms with Crippen molar-refractivity contribution in [2.45, 2.75) is 84.1 Å². The van der Waals surface area contributed by atoms with E-state index in [1.165, 1.54) is 32.1 Å². The molecule has 6 nitrogen and oxygen atoms in total. The average Bonchev–Trinajstić information content (AvgIpc) is 2.49. The maximum Gasteiger partial charge on any atom is 0.397 e. The summed E-state index contributed by atoms with van der Waals surface area (Å²) in [6.07, 6.45) is 12.3. The molecule has 0 aromatic heterocycles. The van der Waals surface area contributed by atoms with Gasteiger partial charge in [0.2, 0.25) is 0 Å². The second-order valence-electron chi connectivity index (χ2n) is 6.65. The van der Waals surface area contributed by atoms with Gasteiger partial charge in [-0.1, -0.05) is 58.8 Å². The van der Waals surface area contributed by atoms with E-state index in [1.807, 2.05) is 13.8 Å². The fourth-order valence-electron chi connectivity index (χ4n) is 2.52. The molecule has 0 aromatic rings. The Kier molecular flexibility index (Phi) is 14.5. The summed E-state index contributed by atoms with van der Waals surface area (Å²) in [4.78, 5) is 10.2. The van der Waals surface area contributed by atoms with Crippen molar-refractivity contribution < 1.29 is 21.9 Å². The van der Waals surface area contributed by atoms with E-state index in [-0.39, 0.29) is 18.6 Å². The highest BCUT2D eigenvalue weighted by atomic mass is 32.3. The number of aldehydes is 1. The standard InChI is InChI=1S/C17H35NO5S/c1-16(2)17(15-23-24(20,21)22)18-13-11-9-7-5-3-4-6-8-10-12-14-19/h14,16-18H,3-13,15H2,1-2H3,(H,20,21,22)/t17-/m1/s1. The molecule has 144 valence electrons. The Labute approximate surface area is 147 Å². The summed E-state index contributed by atoms with van der Waals surface area (Å²) < 4.78 is 34.3. The van der Waals surface area contributed by atoms with E-state index in [2.05, 4.69) is 9.50 Å². The van der Waals surface area contributed by atoms with Crippen LogP contribution in [0.4, 0.5) is 0 Å². The monoisotopic (exact) mass is 365 g/mol. The first kappa shape index (κ1) is 23.5. The molecule has 0 aliphatic rings. The van der Waals surface area contributed by atoms with E-state index in [4.69, 9.17) is 4.55 Å². The summed E-state index contributed by atoms with van der Waals surface area (Å²) in [5, 5.41) is 3.29. The van der Waals surface area contributed by atoms with Crippen LogP contribution < -0.4 is 5.32 Å². The van der Waals surface area contributed by atoms with Crippen molar-refractivity contribution in [2.75, 3.05) is 13.2 Å². The summed E-state index contributed by atoms with van der Waals surface area (Å²) in [6.45, 7) is 4.75. The number of hydrogen-bond donors (Lipinski definition) is 2. The molecule has 0 unspecified atom stereocenters. The molecule has 0 aliphatic carbocycles. The predicted molar refractivity (Wildman–Crippen MR) is 96.4 cm³/mol. The molecule has 0 aliphatic heterocycles. The van der Waals surface area contributed by atoms with Gasteiger partial charge >= 0.3 is 10.4 Å². The largest absolute Gasteiger partial charge is 0.397 e. The van der Waals surface area contributed by atoms with Crippen molar-refractivity contribution in [3.63, 3.8) is 0 Å². The Bertz CT molecular complexity index is 398. The third kappa shape index (κ3) is 16.4. The van der Waals surface area contributed by atoms with Gasteiger partial charge in [0, 0.05) is 12.5 Å². The van der Waals surface area contributed by atoms with Crippen LogP contribution in [0.1, 0.15) is 78.1 Å². The Morgan fingerprint density at radius 1 is 0.958 bits per heavy atom. The summed E-state index contributed by atoms with van der Waals surface area (Å²) in [5.41, 5.74) is 0. The number of unbranched alkanes of at least 4 members (excludes halogenated alkanes) is 9. The topological polar surface area (TPSA) is 92.7 Å². The molecule has 24 heavy (non-hydrogen) atoms. The number of nitrogens with one attached hydrogen (secondary N) is 1. The van der Waals surface area contributed by atoms with Crippen LogP contribution in [-0.2, 0) is 19.4 Å².